The van der Waals surface area contributed by atoms with Crippen molar-refractivity contribution < 1.29 is 28.9 Å². The first kappa shape index (κ1) is 19.8. The number of hydrogen-bond donors (Lipinski definition) is 2. The minimum Gasteiger partial charge on any atom is -0.478 e. The third-order valence-corrected chi connectivity index (χ3v) is 3.89. The maximum atomic E-state index is 12.0. The summed E-state index contributed by atoms with van der Waals surface area (Å²) in [4.78, 5) is 23.4. The van der Waals surface area contributed by atoms with Crippen LogP contribution < -0.4 is 15.2 Å². The van der Waals surface area contributed by atoms with Gasteiger partial charge in [0.1, 0.15) is 23.0 Å². The average Bonchev–Trinajstić information content (AvgIpc) is 2.71. The van der Waals surface area contributed by atoms with E-state index in [1.807, 2.05) is 0 Å². The van der Waals surface area contributed by atoms with Crippen molar-refractivity contribution in [1.29, 1.82) is 0 Å². The van der Waals surface area contributed by atoms with Gasteiger partial charge in [-0.1, -0.05) is 0 Å². The summed E-state index contributed by atoms with van der Waals surface area (Å²) < 4.78 is 16.4. The van der Waals surface area contributed by atoms with Crippen LogP contribution >= 0.6 is 0 Å². The molecule has 3 N–H and O–H groups in total. The molecule has 0 aliphatic heterocycles. The summed E-state index contributed by atoms with van der Waals surface area (Å²) in [7, 11) is 0. The van der Waals surface area contributed by atoms with Gasteiger partial charge >= 0.3 is 11.9 Å². The predicted molar refractivity (Wildman–Crippen MR) is 107 cm³/mol. The summed E-state index contributed by atoms with van der Waals surface area (Å²) in [6.45, 7) is 1.78. The van der Waals surface area contributed by atoms with Crippen LogP contribution in [0.5, 0.6) is 23.0 Å². The number of carboxylic acid groups (broad SMARTS) is 1. The van der Waals surface area contributed by atoms with Crippen molar-refractivity contribution >= 4 is 17.6 Å². The molecule has 0 atom stereocenters. The Hall–Kier alpha value is -4.00. The third-order valence-electron chi connectivity index (χ3n) is 3.89. The number of carbonyl (C=O) groups excluding carboxylic acids is 1. The number of ether oxygens (including phenoxy) is 3. The molecule has 0 aliphatic carbocycles. The van der Waals surface area contributed by atoms with Gasteiger partial charge in [-0.3, -0.25) is 0 Å². The van der Waals surface area contributed by atoms with Crippen molar-refractivity contribution in [3.05, 3.63) is 77.9 Å². The fourth-order valence-corrected chi connectivity index (χ4v) is 2.53. The van der Waals surface area contributed by atoms with Crippen LogP contribution in [-0.4, -0.2) is 23.7 Å². The van der Waals surface area contributed by atoms with E-state index in [4.69, 9.17) is 19.9 Å². The molecule has 0 saturated carbocycles. The number of hydrogen-bond acceptors (Lipinski definition) is 6. The molecule has 0 aromatic heterocycles. The molecule has 0 fully saturated rings. The molecular weight excluding hydrogens is 374 g/mol. The van der Waals surface area contributed by atoms with E-state index in [-0.39, 0.29) is 17.7 Å². The van der Waals surface area contributed by atoms with Gasteiger partial charge < -0.3 is 25.1 Å². The molecule has 0 bridgehead atoms. The summed E-state index contributed by atoms with van der Waals surface area (Å²) in [6, 6.07) is 18.0. The van der Waals surface area contributed by atoms with E-state index in [0.29, 0.717) is 28.7 Å². The van der Waals surface area contributed by atoms with Crippen LogP contribution in [0.1, 0.15) is 27.6 Å². The van der Waals surface area contributed by atoms with Crippen LogP contribution in [0.25, 0.3) is 0 Å². The summed E-state index contributed by atoms with van der Waals surface area (Å²) in [5, 5.41) is 9.26. The Balaban J connectivity index is 1.75. The molecule has 0 spiro atoms. The van der Waals surface area contributed by atoms with E-state index in [9.17, 15) is 14.7 Å². The summed E-state index contributed by atoms with van der Waals surface area (Å²) in [6.07, 6.45) is 0. The maximum absolute atomic E-state index is 12.0. The van der Waals surface area contributed by atoms with E-state index in [1.165, 1.54) is 18.2 Å². The highest BCUT2D eigenvalue weighted by molar-refractivity contribution is 6.02. The molecule has 7 nitrogen and oxygen atoms in total. The first-order chi connectivity index (χ1) is 14.0. The van der Waals surface area contributed by atoms with Crippen LogP contribution in [0, 0.1) is 0 Å². The third kappa shape index (κ3) is 5.04. The van der Waals surface area contributed by atoms with Gasteiger partial charge in [0, 0.05) is 5.69 Å². The zero-order chi connectivity index (χ0) is 20.8. The highest BCUT2D eigenvalue weighted by Gasteiger charge is 2.19. The number of nitrogens with two attached hydrogens (primary N) is 1. The minimum atomic E-state index is -1.22. The van der Waals surface area contributed by atoms with E-state index < -0.39 is 11.9 Å². The Kier molecular flexibility index (Phi) is 5.99. The van der Waals surface area contributed by atoms with E-state index in [1.54, 1.807) is 55.5 Å². The van der Waals surface area contributed by atoms with Gasteiger partial charge in [0.2, 0.25) is 0 Å². The van der Waals surface area contributed by atoms with Crippen LogP contribution in [0.4, 0.5) is 5.69 Å². The van der Waals surface area contributed by atoms with Crippen LogP contribution in [-0.2, 0) is 4.74 Å². The molecular formula is C22H19NO6. The van der Waals surface area contributed by atoms with Crippen molar-refractivity contribution in [1.82, 2.24) is 0 Å². The van der Waals surface area contributed by atoms with Gasteiger partial charge in [-0.15, -0.1) is 0 Å². The second-order valence-electron chi connectivity index (χ2n) is 5.98. The second-order valence-corrected chi connectivity index (χ2v) is 5.98. The van der Waals surface area contributed by atoms with E-state index in [2.05, 4.69) is 0 Å². The number of esters is 1. The maximum Gasteiger partial charge on any atom is 0.339 e. The molecule has 0 unspecified atom stereocenters. The molecule has 0 radical (unpaired) electrons. The predicted octanol–water partition coefficient (Wildman–Crippen LogP) is 4.73. The molecule has 0 heterocycles. The van der Waals surface area contributed by atoms with E-state index >= 15 is 0 Å². The van der Waals surface area contributed by atoms with Gasteiger partial charge in [0.05, 0.1) is 17.7 Å². The van der Waals surface area contributed by atoms with Crippen molar-refractivity contribution in [3.63, 3.8) is 0 Å². The lowest BCUT2D eigenvalue weighted by atomic mass is 10.1. The molecule has 3 aromatic rings. The lowest BCUT2D eigenvalue weighted by Gasteiger charge is -2.11. The van der Waals surface area contributed by atoms with Crippen molar-refractivity contribution in [3.8, 4) is 23.0 Å². The normalized spacial score (nSPS) is 10.2. The van der Waals surface area contributed by atoms with Gasteiger partial charge in [-0.2, -0.15) is 0 Å². The average molecular weight is 393 g/mol. The first-order valence-corrected chi connectivity index (χ1v) is 8.82. The number of benzene rings is 3. The van der Waals surface area contributed by atoms with E-state index in [0.717, 1.165) is 0 Å². The van der Waals surface area contributed by atoms with Gasteiger partial charge in [-0.25, -0.2) is 9.59 Å². The Morgan fingerprint density at radius 3 is 1.79 bits per heavy atom. The minimum absolute atomic E-state index is 0.0693. The van der Waals surface area contributed by atoms with Crippen LogP contribution in [0.15, 0.2) is 66.7 Å². The highest BCUT2D eigenvalue weighted by Crippen LogP contribution is 2.28. The topological polar surface area (TPSA) is 108 Å². The Labute approximate surface area is 167 Å². The smallest absolute Gasteiger partial charge is 0.339 e. The first-order valence-electron chi connectivity index (χ1n) is 8.82. The zero-order valence-electron chi connectivity index (χ0n) is 15.6. The second kappa shape index (κ2) is 8.79. The zero-order valence-corrected chi connectivity index (χ0v) is 15.6. The molecule has 3 aromatic carbocycles. The van der Waals surface area contributed by atoms with Gasteiger partial charge in [0.15, 0.2) is 0 Å². The summed E-state index contributed by atoms with van der Waals surface area (Å²) in [5.74, 6) is 0.121. The van der Waals surface area contributed by atoms with Crippen molar-refractivity contribution in [2.75, 3.05) is 12.3 Å². The Morgan fingerprint density at radius 2 is 1.28 bits per heavy atom. The lowest BCUT2D eigenvalue weighted by Crippen LogP contribution is -2.11. The summed E-state index contributed by atoms with van der Waals surface area (Å²) in [5.41, 5.74) is 6.08. The molecule has 7 heteroatoms. The number of anilines is 1. The number of rotatable bonds is 7. The van der Waals surface area contributed by atoms with Crippen LogP contribution in [0.2, 0.25) is 0 Å². The molecule has 0 saturated heterocycles. The molecule has 148 valence electrons. The number of nitrogen functional groups attached to an aromatic ring is 1. The molecule has 29 heavy (non-hydrogen) atoms. The quantitative estimate of drug-likeness (QED) is 0.441. The Morgan fingerprint density at radius 1 is 0.793 bits per heavy atom. The largest absolute Gasteiger partial charge is 0.478 e. The van der Waals surface area contributed by atoms with Gasteiger partial charge in [-0.05, 0) is 73.7 Å². The monoisotopic (exact) mass is 393 g/mol. The van der Waals surface area contributed by atoms with Gasteiger partial charge in [0.25, 0.3) is 0 Å². The van der Waals surface area contributed by atoms with Crippen molar-refractivity contribution in [2.24, 2.45) is 0 Å². The van der Waals surface area contributed by atoms with Crippen LogP contribution in [0.3, 0.4) is 0 Å². The standard InChI is InChI=1S/C22H19NO6/c1-2-27-22(26)20-13-18(11-12-19(20)21(24)25)29-17-9-7-16(8-10-17)28-15-5-3-14(23)4-6-15/h3-13H,2,23H2,1H3,(H,24,25). The lowest BCUT2D eigenvalue weighted by molar-refractivity contribution is 0.0514. The number of carboxylic acids is 1. The SMILES string of the molecule is CCOC(=O)c1cc(Oc2ccc(Oc3ccc(N)cc3)cc2)ccc1C(=O)O. The fraction of sp³-hybridized carbons (Fsp3) is 0.0909. The highest BCUT2D eigenvalue weighted by atomic mass is 16.5. The number of aromatic carboxylic acids is 1. The molecule has 3 rings (SSSR count). The van der Waals surface area contributed by atoms with Crippen molar-refractivity contribution in [2.45, 2.75) is 6.92 Å². The fourth-order valence-electron chi connectivity index (χ4n) is 2.53. The number of carbonyl (C=O) groups is 2. The Bertz CT molecular complexity index is 1010. The molecule has 0 aliphatic rings. The summed E-state index contributed by atoms with van der Waals surface area (Å²) >= 11 is 0. The molecule has 0 amide bonds.